The van der Waals surface area contributed by atoms with Gasteiger partial charge < -0.3 is 0 Å². The maximum Gasteiger partial charge on any atom is 0.196 e. The molecule has 0 fully saturated rings. The van der Waals surface area contributed by atoms with Crippen LogP contribution < -0.4 is 0 Å². The molecule has 0 aromatic heterocycles. The van der Waals surface area contributed by atoms with Crippen LogP contribution in [0.2, 0.25) is 5.02 Å². The smallest absolute Gasteiger partial charge is 0.196 e. The van der Waals surface area contributed by atoms with Crippen molar-refractivity contribution in [3.05, 3.63) is 105 Å². The Kier molecular flexibility index (Phi) is 3.59. The molecule has 1 aliphatic carbocycles. The molecule has 120 valence electrons. The van der Waals surface area contributed by atoms with Crippen molar-refractivity contribution in [3.63, 3.8) is 0 Å². The summed E-state index contributed by atoms with van der Waals surface area (Å²) in [6.45, 7) is 0. The van der Waals surface area contributed by atoms with Crippen molar-refractivity contribution >= 4 is 29.0 Å². The minimum absolute atomic E-state index is 0.115. The summed E-state index contributed by atoms with van der Waals surface area (Å²) in [5.74, 6) is -0.840. The zero-order valence-corrected chi connectivity index (χ0v) is 13.7. The van der Waals surface area contributed by atoms with Gasteiger partial charge >= 0.3 is 0 Å². The lowest BCUT2D eigenvalue weighted by Gasteiger charge is -2.19. The molecular formula is C21H11ClO3. The molecule has 0 aliphatic heterocycles. The average molecular weight is 347 g/mol. The van der Waals surface area contributed by atoms with Crippen LogP contribution in [0, 0.1) is 0 Å². The van der Waals surface area contributed by atoms with E-state index < -0.39 is 0 Å². The standard InChI is InChI=1S/C21H11ClO3/c22-17-11-13(19(23)12-6-2-1-3-7-12)10-16-18(17)21(25)15-9-5-4-8-14(15)20(16)24/h1-11H. The highest BCUT2D eigenvalue weighted by molar-refractivity contribution is 6.39. The van der Waals surface area contributed by atoms with E-state index in [-0.39, 0.29) is 39.1 Å². The van der Waals surface area contributed by atoms with Crippen molar-refractivity contribution < 1.29 is 14.4 Å². The molecule has 4 heteroatoms. The third-order valence-corrected chi connectivity index (χ3v) is 4.57. The summed E-state index contributed by atoms with van der Waals surface area (Å²) in [4.78, 5) is 38.2. The van der Waals surface area contributed by atoms with Gasteiger partial charge in [0.1, 0.15) is 0 Å². The van der Waals surface area contributed by atoms with Crippen LogP contribution in [0.25, 0.3) is 0 Å². The van der Waals surface area contributed by atoms with Crippen LogP contribution >= 0.6 is 11.6 Å². The molecule has 0 heterocycles. The lowest BCUT2D eigenvalue weighted by atomic mass is 9.82. The van der Waals surface area contributed by atoms with Crippen LogP contribution in [0.5, 0.6) is 0 Å². The van der Waals surface area contributed by atoms with Gasteiger partial charge in [0, 0.05) is 27.8 Å². The molecule has 0 spiro atoms. The Hall–Kier alpha value is -3.04. The molecule has 0 radical (unpaired) electrons. The Morgan fingerprint density at radius 2 is 1.28 bits per heavy atom. The summed E-state index contributed by atoms with van der Waals surface area (Å²) in [5.41, 5.74) is 1.79. The molecule has 0 saturated heterocycles. The Morgan fingerprint density at radius 1 is 0.680 bits per heavy atom. The number of halogens is 1. The van der Waals surface area contributed by atoms with Gasteiger partial charge in [0.15, 0.2) is 17.3 Å². The quantitative estimate of drug-likeness (QED) is 0.507. The van der Waals surface area contributed by atoms with E-state index in [1.165, 1.54) is 12.1 Å². The van der Waals surface area contributed by atoms with E-state index in [0.29, 0.717) is 16.7 Å². The number of ketones is 3. The lowest BCUT2D eigenvalue weighted by molar-refractivity contribution is 0.0978. The minimum atomic E-state index is -0.297. The summed E-state index contributed by atoms with van der Waals surface area (Å²) in [7, 11) is 0. The van der Waals surface area contributed by atoms with Gasteiger partial charge in [0.2, 0.25) is 0 Å². The average Bonchev–Trinajstić information content (AvgIpc) is 2.65. The summed E-state index contributed by atoms with van der Waals surface area (Å²) in [5, 5.41) is 0.115. The third kappa shape index (κ3) is 2.41. The summed E-state index contributed by atoms with van der Waals surface area (Å²) >= 11 is 6.28. The van der Waals surface area contributed by atoms with Gasteiger partial charge in [-0.1, -0.05) is 66.2 Å². The molecule has 0 atom stereocenters. The predicted octanol–water partition coefficient (Wildman–Crippen LogP) is 4.35. The van der Waals surface area contributed by atoms with Crippen LogP contribution in [0.1, 0.15) is 47.8 Å². The van der Waals surface area contributed by atoms with E-state index in [1.54, 1.807) is 48.5 Å². The fourth-order valence-corrected chi connectivity index (χ4v) is 3.37. The van der Waals surface area contributed by atoms with Crippen molar-refractivity contribution in [1.82, 2.24) is 0 Å². The highest BCUT2D eigenvalue weighted by Gasteiger charge is 2.32. The highest BCUT2D eigenvalue weighted by Crippen LogP contribution is 2.33. The first-order valence-electron chi connectivity index (χ1n) is 7.69. The molecule has 0 unspecified atom stereocenters. The Morgan fingerprint density at radius 3 is 1.96 bits per heavy atom. The van der Waals surface area contributed by atoms with E-state index in [9.17, 15) is 14.4 Å². The Bertz CT molecular complexity index is 1050. The number of hydrogen-bond donors (Lipinski definition) is 0. The van der Waals surface area contributed by atoms with Crippen molar-refractivity contribution in [2.45, 2.75) is 0 Å². The SMILES string of the molecule is O=C(c1ccccc1)c1cc(Cl)c2c(c1)C(=O)c1ccccc1C2=O. The first-order valence-corrected chi connectivity index (χ1v) is 8.07. The normalized spacial score (nSPS) is 12.5. The second-order valence-corrected chi connectivity index (χ2v) is 6.19. The van der Waals surface area contributed by atoms with E-state index >= 15 is 0 Å². The molecule has 25 heavy (non-hydrogen) atoms. The summed E-state index contributed by atoms with van der Waals surface area (Å²) in [6, 6.07) is 18.3. The summed E-state index contributed by atoms with van der Waals surface area (Å²) < 4.78 is 0. The van der Waals surface area contributed by atoms with Gasteiger partial charge in [0.25, 0.3) is 0 Å². The molecule has 3 nitrogen and oxygen atoms in total. The monoisotopic (exact) mass is 346 g/mol. The number of carbonyl (C=O) groups is 3. The van der Waals surface area contributed by atoms with Gasteiger partial charge in [-0.2, -0.15) is 0 Å². The molecule has 4 rings (SSSR count). The number of rotatable bonds is 2. The van der Waals surface area contributed by atoms with Gasteiger partial charge in [0.05, 0.1) is 10.6 Å². The van der Waals surface area contributed by atoms with Crippen molar-refractivity contribution in [2.75, 3.05) is 0 Å². The topological polar surface area (TPSA) is 51.2 Å². The van der Waals surface area contributed by atoms with Crippen LogP contribution in [-0.4, -0.2) is 17.3 Å². The molecule has 0 amide bonds. The number of carbonyl (C=O) groups excluding carboxylic acids is 3. The van der Waals surface area contributed by atoms with E-state index in [1.807, 2.05) is 6.07 Å². The zero-order valence-electron chi connectivity index (χ0n) is 13.0. The van der Waals surface area contributed by atoms with Gasteiger partial charge in [-0.15, -0.1) is 0 Å². The van der Waals surface area contributed by atoms with Gasteiger partial charge in [-0.05, 0) is 12.1 Å². The molecule has 0 N–H and O–H groups in total. The molecule has 1 aliphatic rings. The van der Waals surface area contributed by atoms with Crippen molar-refractivity contribution in [3.8, 4) is 0 Å². The second-order valence-electron chi connectivity index (χ2n) is 5.78. The zero-order chi connectivity index (χ0) is 17.6. The fourth-order valence-electron chi connectivity index (χ4n) is 3.06. The van der Waals surface area contributed by atoms with Crippen LogP contribution in [0.15, 0.2) is 66.7 Å². The predicted molar refractivity (Wildman–Crippen MR) is 94.6 cm³/mol. The first kappa shape index (κ1) is 15.5. The largest absolute Gasteiger partial charge is 0.289 e. The van der Waals surface area contributed by atoms with Gasteiger partial charge in [-0.25, -0.2) is 0 Å². The maximum atomic E-state index is 12.8. The van der Waals surface area contributed by atoms with E-state index in [4.69, 9.17) is 11.6 Å². The second kappa shape index (κ2) is 5.80. The molecule has 0 saturated carbocycles. The minimum Gasteiger partial charge on any atom is -0.289 e. The first-order chi connectivity index (χ1) is 12.1. The summed E-state index contributed by atoms with van der Waals surface area (Å²) in [6.07, 6.45) is 0. The molecular weight excluding hydrogens is 336 g/mol. The number of hydrogen-bond acceptors (Lipinski definition) is 3. The van der Waals surface area contributed by atoms with E-state index in [0.717, 1.165) is 0 Å². The Labute approximate surface area is 148 Å². The van der Waals surface area contributed by atoms with Crippen molar-refractivity contribution in [2.24, 2.45) is 0 Å². The third-order valence-electron chi connectivity index (χ3n) is 4.28. The fraction of sp³-hybridized carbons (Fsp3) is 0. The molecule has 3 aromatic rings. The maximum absolute atomic E-state index is 12.8. The Balaban J connectivity index is 1.89. The molecule has 3 aromatic carbocycles. The van der Waals surface area contributed by atoms with Crippen LogP contribution in [-0.2, 0) is 0 Å². The van der Waals surface area contributed by atoms with Gasteiger partial charge in [-0.3, -0.25) is 14.4 Å². The lowest BCUT2D eigenvalue weighted by Crippen LogP contribution is -2.22. The van der Waals surface area contributed by atoms with Crippen LogP contribution in [0.4, 0.5) is 0 Å². The van der Waals surface area contributed by atoms with E-state index in [2.05, 4.69) is 0 Å². The van der Waals surface area contributed by atoms with Crippen LogP contribution in [0.3, 0.4) is 0 Å². The number of benzene rings is 3. The molecule has 0 bridgehead atoms. The van der Waals surface area contributed by atoms with Crippen molar-refractivity contribution in [1.29, 1.82) is 0 Å². The highest BCUT2D eigenvalue weighted by atomic mass is 35.5. The number of fused-ring (bicyclic) bond motifs is 2.